The molecule has 8 unspecified atom stereocenters. The van der Waals surface area contributed by atoms with E-state index in [0.29, 0.717) is 32.1 Å². The van der Waals surface area contributed by atoms with Crippen molar-refractivity contribution in [1.29, 1.82) is 0 Å². The van der Waals surface area contributed by atoms with Crippen LogP contribution in [0.3, 0.4) is 0 Å². The fraction of sp³-hybridized carbons (Fsp3) is 0.889. The van der Waals surface area contributed by atoms with Crippen LogP contribution in [0, 0.1) is 38.4 Å². The highest BCUT2D eigenvalue weighted by Gasteiger charge is 2.74. The Morgan fingerprint density at radius 1 is 0.844 bits per heavy atom. The summed E-state index contributed by atoms with van der Waals surface area (Å²) in [5.74, 6) is -0.0659. The minimum Gasteiger partial charge on any atom is -0.396 e. The number of rotatable bonds is 4. The van der Waals surface area contributed by atoms with Crippen molar-refractivity contribution in [3.63, 3.8) is 0 Å². The zero-order valence-corrected chi connectivity index (χ0v) is 28.3. The van der Waals surface area contributed by atoms with E-state index in [1.54, 1.807) is 6.92 Å². The van der Waals surface area contributed by atoms with E-state index in [-0.39, 0.29) is 35.4 Å². The Morgan fingerprint density at radius 3 is 2.18 bits per heavy atom. The van der Waals surface area contributed by atoms with Crippen LogP contribution in [0.25, 0.3) is 0 Å². The van der Waals surface area contributed by atoms with Crippen LogP contribution >= 0.6 is 0 Å². The summed E-state index contributed by atoms with van der Waals surface area (Å²) < 4.78 is 12.1. The van der Waals surface area contributed by atoms with Crippen LogP contribution in [0.15, 0.2) is 23.3 Å². The molecule has 7 N–H and O–H groups in total. The molecule has 1 heterocycles. The number of hydrogen-bond acceptors (Lipinski definition) is 9. The quantitative estimate of drug-likeness (QED) is 0.231. The second kappa shape index (κ2) is 10.6. The molecule has 0 aromatic carbocycles. The summed E-state index contributed by atoms with van der Waals surface area (Å²) in [6.45, 7) is 14.3. The lowest BCUT2D eigenvalue weighted by molar-refractivity contribution is -0.349. The van der Waals surface area contributed by atoms with Gasteiger partial charge in [-0.3, -0.25) is 0 Å². The van der Waals surface area contributed by atoms with Crippen molar-refractivity contribution in [2.45, 2.75) is 148 Å². The molecule has 4 fully saturated rings. The third-order valence-electron chi connectivity index (χ3n) is 15.0. The lowest BCUT2D eigenvalue weighted by Gasteiger charge is -2.72. The molecule has 6 rings (SSSR count). The number of ether oxygens (including phenoxy) is 2. The molecule has 0 radical (unpaired) electrons. The van der Waals surface area contributed by atoms with Gasteiger partial charge in [-0.25, -0.2) is 0 Å². The first-order valence-electron chi connectivity index (χ1n) is 17.2. The standard InChI is InChI=1S/C36H58O9/c1-20-26(40)27(41)28(42)29(44-20)45-25-10-11-32(5)23-9-8-21-22-16-30(2,3)12-14-35(22,19-38)24(39)17-33(21,6)31(23,4)13-15-36(32,43)34(25,7)18-37/h8-9,20,23-29,37-43H,10-19H2,1-7H3/t20?,23?,24?,25?,26?,27?,28?,29?,31-,32+,33+,34+,35-,36+/m0/s1. The van der Waals surface area contributed by atoms with Crippen molar-refractivity contribution in [3.05, 3.63) is 23.3 Å². The lowest BCUT2D eigenvalue weighted by Crippen LogP contribution is -2.74. The minimum absolute atomic E-state index is 0.0605. The molecule has 0 aromatic heterocycles. The zero-order chi connectivity index (χ0) is 33.2. The highest BCUT2D eigenvalue weighted by molar-refractivity contribution is 5.47. The summed E-state index contributed by atoms with van der Waals surface area (Å²) in [7, 11) is 0. The van der Waals surface area contributed by atoms with Gasteiger partial charge in [0, 0.05) is 21.7 Å². The highest BCUT2D eigenvalue weighted by Crippen LogP contribution is 2.75. The van der Waals surface area contributed by atoms with Crippen molar-refractivity contribution in [2.24, 2.45) is 38.4 Å². The summed E-state index contributed by atoms with van der Waals surface area (Å²) in [5.41, 5.74) is -1.88. The molecule has 0 aromatic rings. The Bertz CT molecular complexity index is 1250. The number of hydrogen-bond donors (Lipinski definition) is 7. The van der Waals surface area contributed by atoms with Gasteiger partial charge in [0.15, 0.2) is 6.29 Å². The third kappa shape index (κ3) is 4.24. The number of fused-ring (bicyclic) bond motifs is 6. The van der Waals surface area contributed by atoms with Crippen LogP contribution in [-0.4, -0.2) is 97.5 Å². The monoisotopic (exact) mass is 634 g/mol. The van der Waals surface area contributed by atoms with Crippen molar-refractivity contribution in [1.82, 2.24) is 0 Å². The predicted octanol–water partition coefficient (Wildman–Crippen LogP) is 2.97. The first-order valence-corrected chi connectivity index (χ1v) is 17.2. The SMILES string of the molecule is CC1OC(OC2CC[C@]3(C)C4C=CC5=C6CC(C)(C)CC[C@@]6(CO)C(O)C[C@@]5(C)[C@@]4(C)CC[C@]3(O)[C@]2(C)CO)C(O)C(O)C1O. The average Bonchev–Trinajstić information content (AvgIpc) is 2.98. The zero-order valence-electron chi connectivity index (χ0n) is 28.3. The summed E-state index contributed by atoms with van der Waals surface area (Å²) in [5, 5.41) is 77.9. The van der Waals surface area contributed by atoms with E-state index in [4.69, 9.17) is 9.47 Å². The number of aliphatic hydroxyl groups is 7. The Balaban J connectivity index is 1.40. The van der Waals surface area contributed by atoms with E-state index in [2.05, 4.69) is 46.8 Å². The maximum Gasteiger partial charge on any atom is 0.186 e. The second-order valence-electron chi connectivity index (χ2n) is 17.6. The maximum atomic E-state index is 12.9. The van der Waals surface area contributed by atoms with Crippen LogP contribution < -0.4 is 0 Å². The molecule has 45 heavy (non-hydrogen) atoms. The highest BCUT2D eigenvalue weighted by atomic mass is 16.7. The number of allylic oxidation sites excluding steroid dienone is 3. The van der Waals surface area contributed by atoms with Crippen LogP contribution in [0.2, 0.25) is 0 Å². The molecule has 3 saturated carbocycles. The van der Waals surface area contributed by atoms with Gasteiger partial charge in [0.25, 0.3) is 0 Å². The van der Waals surface area contributed by atoms with Gasteiger partial charge in [0.2, 0.25) is 0 Å². The number of aliphatic hydroxyl groups excluding tert-OH is 6. The van der Waals surface area contributed by atoms with Crippen molar-refractivity contribution >= 4 is 0 Å². The third-order valence-corrected chi connectivity index (χ3v) is 15.0. The van der Waals surface area contributed by atoms with E-state index < -0.39 is 64.8 Å². The van der Waals surface area contributed by atoms with Crippen LogP contribution in [0.4, 0.5) is 0 Å². The smallest absolute Gasteiger partial charge is 0.186 e. The van der Waals surface area contributed by atoms with Crippen molar-refractivity contribution in [2.75, 3.05) is 13.2 Å². The molecule has 9 nitrogen and oxygen atoms in total. The van der Waals surface area contributed by atoms with Gasteiger partial charge in [-0.1, -0.05) is 59.3 Å². The Hall–Kier alpha value is -0.880. The van der Waals surface area contributed by atoms with Gasteiger partial charge in [0.05, 0.1) is 37.1 Å². The van der Waals surface area contributed by atoms with Crippen LogP contribution in [-0.2, 0) is 9.47 Å². The Morgan fingerprint density at radius 2 is 1.53 bits per heavy atom. The van der Waals surface area contributed by atoms with Crippen LogP contribution in [0.1, 0.15) is 99.8 Å². The van der Waals surface area contributed by atoms with E-state index in [9.17, 15) is 35.7 Å². The Kier molecular flexibility index (Phi) is 7.98. The molecule has 6 aliphatic rings. The van der Waals surface area contributed by atoms with Gasteiger partial charge >= 0.3 is 0 Å². The van der Waals surface area contributed by atoms with Gasteiger partial charge in [-0.15, -0.1) is 0 Å². The summed E-state index contributed by atoms with van der Waals surface area (Å²) in [6.07, 6.45) is 2.32. The van der Waals surface area contributed by atoms with Gasteiger partial charge in [-0.2, -0.15) is 0 Å². The maximum absolute atomic E-state index is 12.9. The van der Waals surface area contributed by atoms with Gasteiger partial charge < -0.3 is 45.2 Å². The van der Waals surface area contributed by atoms with Gasteiger partial charge in [-0.05, 0) is 80.6 Å². The molecule has 0 bridgehead atoms. The first kappa shape index (κ1) is 34.0. The molecule has 5 aliphatic carbocycles. The van der Waals surface area contributed by atoms with Crippen molar-refractivity contribution in [3.8, 4) is 0 Å². The fourth-order valence-corrected chi connectivity index (χ4v) is 11.4. The molecule has 1 aliphatic heterocycles. The van der Waals surface area contributed by atoms with Crippen molar-refractivity contribution < 1.29 is 45.2 Å². The predicted molar refractivity (Wildman–Crippen MR) is 168 cm³/mol. The molecule has 0 spiro atoms. The average molecular weight is 635 g/mol. The second-order valence-corrected chi connectivity index (χ2v) is 17.6. The topological polar surface area (TPSA) is 160 Å². The summed E-state index contributed by atoms with van der Waals surface area (Å²) >= 11 is 0. The van der Waals surface area contributed by atoms with Crippen LogP contribution in [0.5, 0.6) is 0 Å². The van der Waals surface area contributed by atoms with Gasteiger partial charge in [0.1, 0.15) is 18.3 Å². The molecule has 14 atom stereocenters. The molecular formula is C36H58O9. The first-order chi connectivity index (χ1) is 20.8. The molecule has 0 amide bonds. The Labute approximate surface area is 268 Å². The lowest BCUT2D eigenvalue weighted by atomic mass is 9.33. The van der Waals surface area contributed by atoms with E-state index in [1.165, 1.54) is 11.1 Å². The molecule has 256 valence electrons. The van der Waals surface area contributed by atoms with E-state index >= 15 is 0 Å². The van der Waals surface area contributed by atoms with E-state index in [1.807, 2.05) is 6.92 Å². The fourth-order valence-electron chi connectivity index (χ4n) is 11.4. The molecular weight excluding hydrogens is 576 g/mol. The molecule has 1 saturated heterocycles. The normalized spacial score (nSPS) is 55.8. The summed E-state index contributed by atoms with van der Waals surface area (Å²) in [4.78, 5) is 0. The largest absolute Gasteiger partial charge is 0.396 e. The summed E-state index contributed by atoms with van der Waals surface area (Å²) in [6, 6.07) is 0. The molecule has 9 heteroatoms. The van der Waals surface area contributed by atoms with E-state index in [0.717, 1.165) is 19.3 Å². The minimum atomic E-state index is -1.47.